The van der Waals surface area contributed by atoms with Crippen LogP contribution in [0.4, 0.5) is 17.1 Å². The fourth-order valence-electron chi connectivity index (χ4n) is 4.13. The Hall–Kier alpha value is -2.87. The Morgan fingerprint density at radius 2 is 1.97 bits per heavy atom. The molecule has 7 nitrogen and oxygen atoms in total. The second-order valence-corrected chi connectivity index (χ2v) is 9.47. The topological polar surface area (TPSA) is 86.8 Å². The van der Waals surface area contributed by atoms with Crippen LogP contribution in [0.5, 0.6) is 0 Å². The Bertz CT molecular complexity index is 1100. The Labute approximate surface area is 170 Å². The van der Waals surface area contributed by atoms with E-state index in [-0.39, 0.29) is 17.9 Å². The third-order valence-corrected chi connectivity index (χ3v) is 6.61. The van der Waals surface area contributed by atoms with Crippen LogP contribution < -0.4 is 14.5 Å². The van der Waals surface area contributed by atoms with E-state index in [1.54, 1.807) is 35.2 Å². The molecular formula is C21H23N3O4S. The number of rotatable bonds is 4. The molecule has 8 heteroatoms. The van der Waals surface area contributed by atoms with Gasteiger partial charge in [-0.05, 0) is 61.7 Å². The van der Waals surface area contributed by atoms with Crippen molar-refractivity contribution in [2.24, 2.45) is 0 Å². The van der Waals surface area contributed by atoms with Gasteiger partial charge in [-0.25, -0.2) is 8.42 Å². The van der Waals surface area contributed by atoms with Crippen LogP contribution in [-0.4, -0.2) is 39.1 Å². The first-order chi connectivity index (χ1) is 13.7. The molecule has 2 amide bonds. The average molecular weight is 413 g/mol. The maximum atomic E-state index is 12.7. The molecule has 0 saturated carbocycles. The molecule has 2 aromatic carbocycles. The lowest BCUT2D eigenvalue weighted by molar-refractivity contribution is -0.117. The highest BCUT2D eigenvalue weighted by atomic mass is 32.2. The van der Waals surface area contributed by atoms with Gasteiger partial charge >= 0.3 is 0 Å². The number of anilines is 3. The molecule has 2 heterocycles. The van der Waals surface area contributed by atoms with Gasteiger partial charge in [-0.15, -0.1) is 0 Å². The standard InChI is InChI=1S/C21H23N3O4S/c1-14-11-16-12-15(8-9-19(16)24(14)29(2,27)28)21(26)22-17-5-3-6-18(13-17)23-10-4-7-20(23)25/h3,5-6,8-9,12-14H,4,7,10-11H2,1-2H3,(H,22,26)/t14-/m1/s1. The highest BCUT2D eigenvalue weighted by molar-refractivity contribution is 7.92. The average Bonchev–Trinajstić information content (AvgIpc) is 3.22. The molecule has 1 fully saturated rings. The number of hydrogen-bond donors (Lipinski definition) is 1. The van der Waals surface area contributed by atoms with Crippen LogP contribution in [0.2, 0.25) is 0 Å². The number of fused-ring (bicyclic) bond motifs is 1. The fraction of sp³-hybridized carbons (Fsp3) is 0.333. The van der Waals surface area contributed by atoms with Crippen molar-refractivity contribution < 1.29 is 18.0 Å². The normalized spacial score (nSPS) is 18.8. The van der Waals surface area contributed by atoms with Crippen molar-refractivity contribution in [3.05, 3.63) is 53.6 Å². The van der Waals surface area contributed by atoms with Gasteiger partial charge in [0.2, 0.25) is 15.9 Å². The molecule has 1 atom stereocenters. The lowest BCUT2D eigenvalue weighted by Gasteiger charge is -2.22. The molecule has 0 bridgehead atoms. The maximum Gasteiger partial charge on any atom is 0.255 e. The van der Waals surface area contributed by atoms with Crippen LogP contribution in [0.1, 0.15) is 35.7 Å². The van der Waals surface area contributed by atoms with Gasteiger partial charge in [0.25, 0.3) is 5.91 Å². The van der Waals surface area contributed by atoms with Gasteiger partial charge in [0.05, 0.1) is 11.9 Å². The third-order valence-electron chi connectivity index (χ3n) is 5.34. The van der Waals surface area contributed by atoms with E-state index >= 15 is 0 Å². The summed E-state index contributed by atoms with van der Waals surface area (Å²) in [5.41, 5.74) is 3.32. The Kier molecular flexibility index (Phi) is 4.82. The summed E-state index contributed by atoms with van der Waals surface area (Å²) < 4.78 is 25.5. The van der Waals surface area contributed by atoms with E-state index in [0.717, 1.165) is 17.7 Å². The minimum absolute atomic E-state index is 0.0941. The van der Waals surface area contributed by atoms with Crippen LogP contribution in [-0.2, 0) is 21.2 Å². The lowest BCUT2D eigenvalue weighted by Crippen LogP contribution is -2.34. The molecule has 0 aromatic heterocycles. The summed E-state index contributed by atoms with van der Waals surface area (Å²) in [6, 6.07) is 12.1. The minimum atomic E-state index is -3.36. The number of sulfonamides is 1. The zero-order chi connectivity index (χ0) is 20.8. The largest absolute Gasteiger partial charge is 0.322 e. The molecule has 0 radical (unpaired) electrons. The molecule has 4 rings (SSSR count). The molecule has 0 aliphatic carbocycles. The Morgan fingerprint density at radius 1 is 1.17 bits per heavy atom. The number of nitrogens with zero attached hydrogens (tertiary/aromatic N) is 2. The highest BCUT2D eigenvalue weighted by Gasteiger charge is 2.32. The third kappa shape index (κ3) is 3.72. The van der Waals surface area contributed by atoms with Crippen molar-refractivity contribution in [1.29, 1.82) is 0 Å². The second-order valence-electron chi connectivity index (χ2n) is 7.61. The predicted octanol–water partition coefficient (Wildman–Crippen LogP) is 2.78. The van der Waals surface area contributed by atoms with Crippen LogP contribution >= 0.6 is 0 Å². The van der Waals surface area contributed by atoms with Gasteiger partial charge in [-0.1, -0.05) is 6.07 Å². The number of amides is 2. The highest BCUT2D eigenvalue weighted by Crippen LogP contribution is 2.35. The number of benzene rings is 2. The minimum Gasteiger partial charge on any atom is -0.322 e. The van der Waals surface area contributed by atoms with E-state index in [9.17, 15) is 18.0 Å². The first kappa shape index (κ1) is 19.4. The smallest absolute Gasteiger partial charge is 0.255 e. The van der Waals surface area contributed by atoms with Crippen molar-refractivity contribution in [2.45, 2.75) is 32.2 Å². The zero-order valence-corrected chi connectivity index (χ0v) is 17.2. The molecule has 0 unspecified atom stereocenters. The van der Waals surface area contributed by atoms with Crippen LogP contribution in [0.15, 0.2) is 42.5 Å². The monoisotopic (exact) mass is 413 g/mol. The molecule has 0 spiro atoms. The van der Waals surface area contributed by atoms with Crippen molar-refractivity contribution in [3.8, 4) is 0 Å². The van der Waals surface area contributed by atoms with Gasteiger partial charge in [-0.3, -0.25) is 13.9 Å². The van der Waals surface area contributed by atoms with Crippen molar-refractivity contribution in [2.75, 3.05) is 27.3 Å². The number of nitrogens with one attached hydrogen (secondary N) is 1. The van der Waals surface area contributed by atoms with E-state index < -0.39 is 10.0 Å². The summed E-state index contributed by atoms with van der Waals surface area (Å²) in [7, 11) is -3.36. The van der Waals surface area contributed by atoms with Gasteiger partial charge in [0.1, 0.15) is 0 Å². The van der Waals surface area contributed by atoms with Gasteiger partial charge in [0.15, 0.2) is 0 Å². The predicted molar refractivity (Wildman–Crippen MR) is 113 cm³/mol. The number of carbonyl (C=O) groups is 2. The Morgan fingerprint density at radius 3 is 2.66 bits per heavy atom. The SMILES string of the molecule is C[C@@H]1Cc2cc(C(=O)Nc3cccc(N4CCCC4=O)c3)ccc2N1S(C)(=O)=O. The molecule has 1 saturated heterocycles. The Balaban J connectivity index is 1.55. The van der Waals surface area contributed by atoms with Crippen molar-refractivity contribution in [3.63, 3.8) is 0 Å². The number of hydrogen-bond acceptors (Lipinski definition) is 4. The number of carbonyl (C=O) groups excluding carboxylic acids is 2. The fourth-order valence-corrected chi connectivity index (χ4v) is 5.39. The molecular weight excluding hydrogens is 390 g/mol. The summed E-state index contributed by atoms with van der Waals surface area (Å²) in [6.45, 7) is 2.54. The molecule has 2 aromatic rings. The van der Waals surface area contributed by atoms with Gasteiger partial charge in [-0.2, -0.15) is 0 Å². The summed E-state index contributed by atoms with van der Waals surface area (Å²) in [5.74, 6) is -0.181. The van der Waals surface area contributed by atoms with Crippen LogP contribution in [0, 0.1) is 0 Å². The van der Waals surface area contributed by atoms with E-state index in [4.69, 9.17) is 0 Å². The zero-order valence-electron chi connectivity index (χ0n) is 16.4. The summed E-state index contributed by atoms with van der Waals surface area (Å²) >= 11 is 0. The van der Waals surface area contributed by atoms with Crippen LogP contribution in [0.3, 0.4) is 0 Å². The van der Waals surface area contributed by atoms with Crippen molar-refractivity contribution in [1.82, 2.24) is 0 Å². The quantitative estimate of drug-likeness (QED) is 0.835. The van der Waals surface area contributed by atoms with Gasteiger partial charge < -0.3 is 10.2 Å². The summed E-state index contributed by atoms with van der Waals surface area (Å²) in [6.07, 6.45) is 3.15. The molecule has 29 heavy (non-hydrogen) atoms. The molecule has 152 valence electrons. The van der Waals surface area contributed by atoms with E-state index in [1.165, 1.54) is 10.6 Å². The van der Waals surface area contributed by atoms with E-state index in [2.05, 4.69) is 5.32 Å². The molecule has 1 N–H and O–H groups in total. The maximum absolute atomic E-state index is 12.7. The van der Waals surface area contributed by atoms with Gasteiger partial charge in [0, 0.05) is 35.9 Å². The van der Waals surface area contributed by atoms with Crippen LogP contribution in [0.25, 0.3) is 0 Å². The van der Waals surface area contributed by atoms with E-state index in [0.29, 0.717) is 36.3 Å². The summed E-state index contributed by atoms with van der Waals surface area (Å²) in [5, 5.41) is 2.87. The molecule has 2 aliphatic heterocycles. The molecule has 2 aliphatic rings. The van der Waals surface area contributed by atoms with E-state index in [1.807, 2.05) is 19.1 Å². The first-order valence-electron chi connectivity index (χ1n) is 9.58. The summed E-state index contributed by atoms with van der Waals surface area (Å²) in [4.78, 5) is 26.4. The second kappa shape index (κ2) is 7.18. The lowest BCUT2D eigenvalue weighted by atomic mass is 10.1. The van der Waals surface area contributed by atoms with Crippen molar-refractivity contribution >= 4 is 38.9 Å². The first-order valence-corrected chi connectivity index (χ1v) is 11.4.